The zero-order valence-electron chi connectivity index (χ0n) is 45.1. The second-order valence-electron chi connectivity index (χ2n) is 20.0. The van der Waals surface area contributed by atoms with Gasteiger partial charge in [-0.3, -0.25) is 19.9 Å². The number of carbonyl (C=O) groups excluding carboxylic acids is 4. The van der Waals surface area contributed by atoms with Crippen molar-refractivity contribution < 1.29 is 63.3 Å². The second kappa shape index (κ2) is 28.9. The minimum Gasteiger partial charge on any atom is -0.453 e. The Balaban J connectivity index is 0.000000623. The Hall–Kier alpha value is -7.00. The molecule has 0 aliphatic carbocycles. The number of benzene rings is 2. The van der Waals surface area contributed by atoms with Crippen LogP contribution >= 0.6 is 0 Å². The standard InChI is InChI=1S/C24H27N3O.C20H26F5N5O4.C8H16N2O3.C2H4.2H2/c1-17-3-5-19(6-4-17)7-8-20-9-12-24(25-18(20)2)26-13-21-10-11-22(14-26)27(21)23-15-28-16-23;1-19(2,20(23,24)25)16(30-18(33)34-3)17(32)29-8-11(31)7-28-9-12-13(21)4-10(5-14(12)22)15(27)6-26;1-8(2,3)5(6(9)11)10-7(12)13-4;1-2;;/h3-6,9,12,21-23H,10-11,13-16H2,1-2H3;4-6,11,16,26-28,31H,7-9H2,1-3H3,(H,29,32)(H,30,33);5H,1-4H3,(H2,9,11)(H,10,12);1-2H2;2*1H/t;11-,16+;5-;;;/m.01.../s1. The number of halogens is 5. The van der Waals surface area contributed by atoms with Crippen LogP contribution in [0.15, 0.2) is 61.7 Å². The van der Waals surface area contributed by atoms with Gasteiger partial charge in [0.2, 0.25) is 11.8 Å². The molecule has 3 aliphatic heterocycles. The van der Waals surface area contributed by atoms with Crippen molar-refractivity contribution in [3.63, 3.8) is 0 Å². The molecule has 2 aromatic carbocycles. The monoisotopic (exact) mass is 1090 g/mol. The van der Waals surface area contributed by atoms with Crippen molar-refractivity contribution in [1.82, 2.24) is 31.2 Å². The summed E-state index contributed by atoms with van der Waals surface area (Å²) >= 11 is 0. The Morgan fingerprint density at radius 3 is 1.90 bits per heavy atom. The molecule has 426 valence electrons. The van der Waals surface area contributed by atoms with Crippen molar-refractivity contribution in [2.45, 2.75) is 110 Å². The molecule has 1 aromatic heterocycles. The first-order chi connectivity index (χ1) is 36.1. The summed E-state index contributed by atoms with van der Waals surface area (Å²) in [4.78, 5) is 55.7. The number of primary amides is 1. The third kappa shape index (κ3) is 18.3. The normalized spacial score (nSPS) is 17.2. The maximum absolute atomic E-state index is 14.1. The number of alkyl carbamates (subject to hydrolysis) is 2. The van der Waals surface area contributed by atoms with Crippen LogP contribution in [0.2, 0.25) is 0 Å². The second-order valence-corrected chi connectivity index (χ2v) is 20.0. The molecule has 0 saturated carbocycles. The summed E-state index contributed by atoms with van der Waals surface area (Å²) < 4.78 is 82.4. The van der Waals surface area contributed by atoms with Crippen LogP contribution in [-0.2, 0) is 30.3 Å². The van der Waals surface area contributed by atoms with E-state index in [1.807, 2.05) is 5.32 Å². The molecule has 0 radical (unpaired) electrons. The van der Waals surface area contributed by atoms with Gasteiger partial charge in [-0.25, -0.2) is 23.4 Å². The molecule has 0 spiro atoms. The van der Waals surface area contributed by atoms with Crippen molar-refractivity contribution in [1.29, 1.82) is 10.8 Å². The number of nitrogens with one attached hydrogen (secondary N) is 6. The highest BCUT2D eigenvalue weighted by Gasteiger charge is 2.55. The minimum atomic E-state index is -4.86. The zero-order chi connectivity index (χ0) is 58.0. The Morgan fingerprint density at radius 2 is 1.44 bits per heavy atom. The molecule has 2 bridgehead atoms. The van der Waals surface area contributed by atoms with E-state index in [9.17, 15) is 46.2 Å². The molecular weight excluding hydrogens is 1010 g/mol. The van der Waals surface area contributed by atoms with Gasteiger partial charge in [0.15, 0.2) is 0 Å². The molecule has 6 rings (SSSR count). The number of rotatable bonds is 15. The summed E-state index contributed by atoms with van der Waals surface area (Å²) in [7, 11) is 2.15. The molecule has 4 amide bonds. The molecule has 23 heteroatoms. The van der Waals surface area contributed by atoms with Crippen molar-refractivity contribution in [3.05, 3.63) is 107 Å². The van der Waals surface area contributed by atoms with Gasteiger partial charge in [0.05, 0.1) is 56.4 Å². The Kier molecular flexibility index (Phi) is 24.2. The summed E-state index contributed by atoms with van der Waals surface area (Å²) in [6.07, 6.45) is -4.90. The summed E-state index contributed by atoms with van der Waals surface area (Å²) in [6.45, 7) is 19.8. The third-order valence-corrected chi connectivity index (χ3v) is 12.9. The fraction of sp³-hybridized carbons (Fsp3) is 0.500. The Bertz CT molecular complexity index is 2560. The van der Waals surface area contributed by atoms with E-state index < -0.39 is 88.6 Å². The largest absolute Gasteiger partial charge is 0.453 e. The molecule has 3 fully saturated rings. The van der Waals surface area contributed by atoms with E-state index in [0.717, 1.165) is 68.2 Å². The number of hydrogen-bond acceptors (Lipinski definition) is 14. The first kappa shape index (κ1) is 64.3. The van der Waals surface area contributed by atoms with Crippen molar-refractivity contribution in [2.24, 2.45) is 16.6 Å². The fourth-order valence-electron chi connectivity index (χ4n) is 8.32. The number of pyridine rings is 1. The minimum absolute atomic E-state index is 0. The van der Waals surface area contributed by atoms with Crippen molar-refractivity contribution in [3.8, 4) is 11.8 Å². The predicted molar refractivity (Wildman–Crippen MR) is 287 cm³/mol. The zero-order valence-corrected chi connectivity index (χ0v) is 45.1. The number of aromatic nitrogens is 1. The lowest BCUT2D eigenvalue weighted by Gasteiger charge is -2.48. The molecule has 3 aromatic rings. The van der Waals surface area contributed by atoms with Gasteiger partial charge in [0.1, 0.15) is 29.5 Å². The van der Waals surface area contributed by atoms with Gasteiger partial charge >= 0.3 is 18.4 Å². The van der Waals surface area contributed by atoms with E-state index >= 15 is 0 Å². The van der Waals surface area contributed by atoms with Gasteiger partial charge < -0.3 is 56.6 Å². The number of nitrogens with zero attached hydrogens (tertiary/aromatic N) is 3. The van der Waals surface area contributed by atoms with Crippen LogP contribution in [0, 0.1) is 59.0 Å². The van der Waals surface area contributed by atoms with Crippen molar-refractivity contribution in [2.75, 3.05) is 58.5 Å². The van der Waals surface area contributed by atoms with Crippen LogP contribution in [0.4, 0.5) is 37.4 Å². The average molecular weight is 1090 g/mol. The fourth-order valence-corrected chi connectivity index (χ4v) is 8.32. The maximum atomic E-state index is 14.1. The molecule has 9 N–H and O–H groups in total. The number of nitrogens with two attached hydrogens (primary N) is 1. The number of aliphatic hydroxyl groups is 1. The number of anilines is 1. The number of methoxy groups -OCH3 is 2. The van der Waals surface area contributed by atoms with E-state index in [1.165, 1.54) is 25.5 Å². The molecule has 5 atom stereocenters. The molecule has 18 nitrogen and oxygen atoms in total. The van der Waals surface area contributed by atoms with Crippen LogP contribution in [0.1, 0.15) is 83.8 Å². The van der Waals surface area contributed by atoms with Crippen LogP contribution < -0.4 is 31.9 Å². The number of fused-ring (bicyclic) bond motifs is 2. The summed E-state index contributed by atoms with van der Waals surface area (Å²) in [5, 5.41) is 33.2. The van der Waals surface area contributed by atoms with Crippen LogP contribution in [-0.4, -0.2) is 147 Å². The topological polar surface area (TPSA) is 257 Å². The highest BCUT2D eigenvalue weighted by molar-refractivity contribution is 6.35. The average Bonchev–Trinajstić information content (AvgIpc) is 3.59. The number of aliphatic hydroxyl groups excluding tert-OH is 1. The predicted octanol–water partition coefficient (Wildman–Crippen LogP) is 6.55. The van der Waals surface area contributed by atoms with E-state index in [0.29, 0.717) is 38.2 Å². The van der Waals surface area contributed by atoms with Crippen LogP contribution in [0.25, 0.3) is 0 Å². The Labute approximate surface area is 450 Å². The van der Waals surface area contributed by atoms with E-state index in [4.69, 9.17) is 26.3 Å². The number of carbonyl (C=O) groups is 4. The number of alkyl halides is 3. The highest BCUT2D eigenvalue weighted by atomic mass is 19.4. The molecule has 77 heavy (non-hydrogen) atoms. The molecule has 4 heterocycles. The quantitative estimate of drug-likeness (QED) is 0.0349. The van der Waals surface area contributed by atoms with Crippen LogP contribution in [0.5, 0.6) is 0 Å². The van der Waals surface area contributed by atoms with Gasteiger partial charge in [0.25, 0.3) is 0 Å². The van der Waals surface area contributed by atoms with Gasteiger partial charge in [-0.2, -0.15) is 13.2 Å². The number of hydrogen-bond donors (Lipinski definition) is 8. The summed E-state index contributed by atoms with van der Waals surface area (Å²) in [5.74, 6) is 3.88. The first-order valence-electron chi connectivity index (χ1n) is 24.6. The third-order valence-electron chi connectivity index (χ3n) is 12.9. The SMILES string of the molecule is C=C.COC(=O)N[C@H](C(=O)NC[C@@H](O)CNCc1c(F)cc(C(=N)C=N)cc1F)C(C)(C)C(F)(F)F.COC(=O)N[C@H](C(N)=O)C(C)(C)C.Cc1ccc(C#Cc2ccc(N3CC4CCC(C3)N4C3COC3)nc2C)cc1.[HH].[HH]. The number of ether oxygens (including phenoxy) is 3. The lowest BCUT2D eigenvalue weighted by molar-refractivity contribution is -0.220. The van der Waals surface area contributed by atoms with Gasteiger partial charge in [-0.05, 0) is 82.3 Å². The number of amides is 4. The molecule has 3 saturated heterocycles. The smallest absolute Gasteiger partial charge is 0.407 e. The molecular formula is C54H77F5N10O8. The van der Waals surface area contributed by atoms with Crippen molar-refractivity contribution >= 4 is 41.7 Å². The lowest BCUT2D eigenvalue weighted by Crippen LogP contribution is -2.62. The summed E-state index contributed by atoms with van der Waals surface area (Å²) in [6, 6.07) is 13.5. The number of piperazine rings is 1. The maximum Gasteiger partial charge on any atom is 0.407 e. The van der Waals surface area contributed by atoms with E-state index in [1.54, 1.807) is 20.8 Å². The lowest BCUT2D eigenvalue weighted by atomic mass is 9.83. The molecule has 2 unspecified atom stereocenters. The van der Waals surface area contributed by atoms with Gasteiger partial charge in [0, 0.05) is 76.1 Å². The molecule has 3 aliphatic rings. The van der Waals surface area contributed by atoms with E-state index in [-0.39, 0.29) is 21.5 Å². The summed E-state index contributed by atoms with van der Waals surface area (Å²) in [5.41, 5.74) is 5.43. The highest BCUT2D eigenvalue weighted by Crippen LogP contribution is 2.41. The van der Waals surface area contributed by atoms with Gasteiger partial charge in [-0.15, -0.1) is 13.2 Å². The first-order valence-corrected chi connectivity index (χ1v) is 24.6. The van der Waals surface area contributed by atoms with Gasteiger partial charge in [-0.1, -0.05) is 50.3 Å². The van der Waals surface area contributed by atoms with E-state index in [2.05, 4.69) is 110 Å². The Morgan fingerprint density at radius 1 is 0.896 bits per heavy atom. The van der Waals surface area contributed by atoms with Crippen LogP contribution in [0.3, 0.4) is 0 Å². The number of aryl methyl sites for hydroxylation is 2.